The van der Waals surface area contributed by atoms with E-state index in [1.165, 1.54) is 11.8 Å². The predicted molar refractivity (Wildman–Crippen MR) is 124 cm³/mol. The Labute approximate surface area is 197 Å². The third kappa shape index (κ3) is 4.87. The van der Waals surface area contributed by atoms with E-state index in [2.05, 4.69) is 25.3 Å². The van der Waals surface area contributed by atoms with E-state index < -0.39 is 18.6 Å². The Morgan fingerprint density at radius 3 is 2.68 bits per heavy atom. The highest BCUT2D eigenvalue weighted by molar-refractivity contribution is 8.04. The Kier molecular flexibility index (Phi) is 6.17. The number of carbonyl (C=O) groups excluding carboxylic acids is 1. The molecule has 0 radical (unpaired) electrons. The minimum Gasteiger partial charge on any atom is -0.354 e. The molecule has 0 spiro atoms. The van der Waals surface area contributed by atoms with E-state index in [4.69, 9.17) is 0 Å². The average Bonchev–Trinajstić information content (AvgIpc) is 3.49. The summed E-state index contributed by atoms with van der Waals surface area (Å²) in [6.07, 6.45) is 4.38. The molecular formula is C22H22F3N7OS. The number of alkyl halides is 3. The van der Waals surface area contributed by atoms with Gasteiger partial charge in [-0.15, -0.1) is 11.8 Å². The van der Waals surface area contributed by atoms with Gasteiger partial charge in [-0.3, -0.25) is 4.79 Å². The van der Waals surface area contributed by atoms with Crippen LogP contribution in [0.5, 0.6) is 0 Å². The second-order valence-electron chi connectivity index (χ2n) is 8.10. The van der Waals surface area contributed by atoms with Crippen LogP contribution < -0.4 is 15.5 Å². The lowest BCUT2D eigenvalue weighted by Gasteiger charge is -2.28. The molecule has 0 aliphatic carbocycles. The number of rotatable bonds is 5. The number of hydrogen-bond donors (Lipinski definition) is 2. The Balaban J connectivity index is 1.31. The van der Waals surface area contributed by atoms with Crippen LogP contribution in [-0.2, 0) is 4.79 Å². The topological polar surface area (TPSA) is 87.5 Å². The second-order valence-corrected chi connectivity index (χ2v) is 9.16. The van der Waals surface area contributed by atoms with Crippen molar-refractivity contribution in [1.82, 2.24) is 30.2 Å². The van der Waals surface area contributed by atoms with Crippen molar-refractivity contribution >= 4 is 29.1 Å². The third-order valence-corrected chi connectivity index (χ3v) is 6.91. The molecule has 1 saturated heterocycles. The summed E-state index contributed by atoms with van der Waals surface area (Å²) in [5.41, 5.74) is 3.26. The largest absolute Gasteiger partial charge is 0.405 e. The van der Waals surface area contributed by atoms with Crippen molar-refractivity contribution in [2.45, 2.75) is 12.1 Å². The summed E-state index contributed by atoms with van der Waals surface area (Å²) < 4.78 is 38.8. The molecule has 8 nitrogen and oxygen atoms in total. The van der Waals surface area contributed by atoms with Gasteiger partial charge >= 0.3 is 6.18 Å². The molecule has 1 atom stereocenters. The van der Waals surface area contributed by atoms with Crippen molar-refractivity contribution in [3.8, 4) is 11.1 Å². The summed E-state index contributed by atoms with van der Waals surface area (Å²) in [5, 5.41) is 9.65. The number of fused-ring (bicyclic) bond motifs is 1. The van der Waals surface area contributed by atoms with Crippen LogP contribution in [0.1, 0.15) is 11.5 Å². The van der Waals surface area contributed by atoms with Crippen LogP contribution in [0.4, 0.5) is 19.0 Å². The highest BCUT2D eigenvalue weighted by Gasteiger charge is 2.30. The quantitative estimate of drug-likeness (QED) is 0.570. The molecule has 2 N–H and O–H groups in total. The van der Waals surface area contributed by atoms with Crippen LogP contribution in [0.15, 0.2) is 47.9 Å². The maximum absolute atomic E-state index is 12.4. The number of hydrogen-bond acceptors (Lipinski definition) is 7. The summed E-state index contributed by atoms with van der Waals surface area (Å²) in [5.74, 6) is 0.610. The molecular weight excluding hydrogens is 467 g/mol. The summed E-state index contributed by atoms with van der Waals surface area (Å²) in [6.45, 7) is 2.39. The number of thioether (sulfide) groups is 1. The minimum atomic E-state index is -4.44. The molecule has 5 rings (SSSR count). The molecule has 2 aliphatic heterocycles. The van der Waals surface area contributed by atoms with Gasteiger partial charge in [0.1, 0.15) is 12.4 Å². The number of pyridine rings is 1. The average molecular weight is 490 g/mol. The van der Waals surface area contributed by atoms with Gasteiger partial charge in [-0.05, 0) is 12.1 Å². The summed E-state index contributed by atoms with van der Waals surface area (Å²) in [7, 11) is 0. The third-order valence-electron chi connectivity index (χ3n) is 5.75. The van der Waals surface area contributed by atoms with Crippen molar-refractivity contribution in [2.24, 2.45) is 0 Å². The normalized spacial score (nSPS) is 18.9. The molecule has 1 amide bonds. The maximum Gasteiger partial charge on any atom is 0.405 e. The maximum atomic E-state index is 12.4. The van der Waals surface area contributed by atoms with Gasteiger partial charge in [0.05, 0.1) is 11.1 Å². The van der Waals surface area contributed by atoms with Crippen LogP contribution in [0.3, 0.4) is 0 Å². The summed E-state index contributed by atoms with van der Waals surface area (Å²) in [6, 6.07) is 4.02. The lowest BCUT2D eigenvalue weighted by molar-refractivity contribution is -0.135. The van der Waals surface area contributed by atoms with Crippen molar-refractivity contribution in [2.75, 3.05) is 43.4 Å². The van der Waals surface area contributed by atoms with Crippen molar-refractivity contribution in [3.05, 3.63) is 53.5 Å². The Hall–Kier alpha value is -3.12. The van der Waals surface area contributed by atoms with E-state index in [1.54, 1.807) is 23.0 Å². The van der Waals surface area contributed by atoms with Gasteiger partial charge in [0.15, 0.2) is 5.65 Å². The molecule has 1 unspecified atom stereocenters. The van der Waals surface area contributed by atoms with E-state index in [-0.39, 0.29) is 10.8 Å². The van der Waals surface area contributed by atoms with Gasteiger partial charge in [0.25, 0.3) is 5.91 Å². The fraction of sp³-hybridized carbons (Fsp3) is 0.364. The smallest absolute Gasteiger partial charge is 0.354 e. The van der Waals surface area contributed by atoms with Crippen LogP contribution in [0.2, 0.25) is 0 Å². The van der Waals surface area contributed by atoms with Gasteiger partial charge in [-0.1, -0.05) is 6.08 Å². The lowest BCUT2D eigenvalue weighted by atomic mass is 10.0. The fourth-order valence-corrected chi connectivity index (χ4v) is 5.09. The Morgan fingerprint density at radius 2 is 1.94 bits per heavy atom. The van der Waals surface area contributed by atoms with Crippen molar-refractivity contribution in [3.63, 3.8) is 0 Å². The van der Waals surface area contributed by atoms with Gasteiger partial charge in [-0.25, -0.2) is 14.5 Å². The molecule has 5 heterocycles. The number of nitrogens with one attached hydrogen (secondary N) is 2. The standard InChI is InChI=1S/C22H22F3N7OS/c23-22(24,25)13-29-21(33)18-7-15(12-34-18)17-10-30-32-11-16(9-28-20(17)32)14-1-2-19(27-8-14)31-5-3-26-4-6-31/h1-2,7-11,15,26H,3-6,12-13H2,(H,29,33). The van der Waals surface area contributed by atoms with Crippen LogP contribution >= 0.6 is 11.8 Å². The molecule has 12 heteroatoms. The fourth-order valence-electron chi connectivity index (χ4n) is 3.99. The Bertz CT molecular complexity index is 1220. The minimum absolute atomic E-state index is 0.160. The summed E-state index contributed by atoms with van der Waals surface area (Å²) >= 11 is 1.23. The predicted octanol–water partition coefficient (Wildman–Crippen LogP) is 2.59. The van der Waals surface area contributed by atoms with Gasteiger partial charge < -0.3 is 15.5 Å². The number of carbonyl (C=O) groups is 1. The highest BCUT2D eigenvalue weighted by Crippen LogP contribution is 2.37. The zero-order valence-electron chi connectivity index (χ0n) is 18.0. The zero-order valence-corrected chi connectivity index (χ0v) is 18.9. The van der Waals surface area contributed by atoms with Gasteiger partial charge in [0.2, 0.25) is 0 Å². The van der Waals surface area contributed by atoms with Crippen molar-refractivity contribution in [1.29, 1.82) is 0 Å². The van der Waals surface area contributed by atoms with Crippen LogP contribution in [0.25, 0.3) is 16.8 Å². The van der Waals surface area contributed by atoms with E-state index in [0.29, 0.717) is 11.4 Å². The zero-order chi connectivity index (χ0) is 23.7. The number of aromatic nitrogens is 4. The summed E-state index contributed by atoms with van der Waals surface area (Å²) in [4.78, 5) is 23.8. The van der Waals surface area contributed by atoms with Crippen LogP contribution in [-0.4, -0.2) is 70.1 Å². The van der Waals surface area contributed by atoms with Gasteiger partial charge in [-0.2, -0.15) is 18.3 Å². The number of allylic oxidation sites excluding steroid dienone is 1. The Morgan fingerprint density at radius 1 is 1.15 bits per heavy atom. The number of halogens is 3. The van der Waals surface area contributed by atoms with E-state index in [0.717, 1.165) is 48.7 Å². The molecule has 34 heavy (non-hydrogen) atoms. The highest BCUT2D eigenvalue weighted by atomic mass is 32.2. The monoisotopic (exact) mass is 489 g/mol. The van der Waals surface area contributed by atoms with Crippen molar-refractivity contribution < 1.29 is 18.0 Å². The second kappa shape index (κ2) is 9.26. The van der Waals surface area contributed by atoms with E-state index in [1.807, 2.05) is 29.8 Å². The van der Waals surface area contributed by atoms with E-state index in [9.17, 15) is 18.0 Å². The number of anilines is 1. The molecule has 3 aromatic rings. The number of piperazine rings is 1. The number of nitrogens with zero attached hydrogens (tertiary/aromatic N) is 5. The number of amides is 1. The first-order valence-corrected chi connectivity index (χ1v) is 11.8. The molecule has 0 saturated carbocycles. The van der Waals surface area contributed by atoms with E-state index >= 15 is 0 Å². The lowest BCUT2D eigenvalue weighted by Crippen LogP contribution is -2.43. The molecule has 0 aromatic carbocycles. The molecule has 3 aromatic heterocycles. The molecule has 2 aliphatic rings. The molecule has 1 fully saturated rings. The molecule has 0 bridgehead atoms. The first-order chi connectivity index (χ1) is 16.4. The van der Waals surface area contributed by atoms with Crippen LogP contribution in [0, 0.1) is 0 Å². The van der Waals surface area contributed by atoms with Gasteiger partial charge in [0, 0.05) is 73.1 Å². The first kappa shape index (κ1) is 22.7. The SMILES string of the molecule is O=C(NCC(F)(F)F)C1=CC(c2cnn3cc(-c4ccc(N5CCNCC5)nc4)cnc23)CS1. The first-order valence-electron chi connectivity index (χ1n) is 10.8. The molecule has 178 valence electrons.